The average molecular weight is 196 g/mol. The van der Waals surface area contributed by atoms with Gasteiger partial charge in [0.15, 0.2) is 0 Å². The molecule has 13 heavy (non-hydrogen) atoms. The van der Waals surface area contributed by atoms with Crippen LogP contribution in [0.3, 0.4) is 0 Å². The van der Waals surface area contributed by atoms with Gasteiger partial charge in [-0.3, -0.25) is 9.59 Å². The van der Waals surface area contributed by atoms with Crippen LogP contribution in [0.4, 0.5) is 13.2 Å². The number of Topliss-reactive ketones (excluding diaryl/α,β-unsaturated/α-hetero) is 2. The molecule has 76 valence electrons. The van der Waals surface area contributed by atoms with Crippen LogP contribution in [-0.2, 0) is 9.59 Å². The molecule has 0 aliphatic carbocycles. The van der Waals surface area contributed by atoms with Crippen LogP contribution in [0.1, 0.15) is 20.8 Å². The van der Waals surface area contributed by atoms with Crippen molar-refractivity contribution in [3.8, 4) is 0 Å². The number of carbonyl (C=O) groups excluding carboxylic acids is 2. The van der Waals surface area contributed by atoms with Gasteiger partial charge in [0.25, 0.3) is 0 Å². The maximum absolute atomic E-state index is 11.8. The van der Waals surface area contributed by atoms with E-state index in [-0.39, 0.29) is 5.92 Å². The SMILES string of the molecule is CC(C)C(C)C(=O)C(=O)C(F)(F)F. The van der Waals surface area contributed by atoms with Gasteiger partial charge in [0.1, 0.15) is 0 Å². The summed E-state index contributed by atoms with van der Waals surface area (Å²) in [7, 11) is 0. The van der Waals surface area contributed by atoms with Gasteiger partial charge in [-0.1, -0.05) is 20.8 Å². The zero-order valence-corrected chi connectivity index (χ0v) is 7.61. The van der Waals surface area contributed by atoms with Gasteiger partial charge in [0.2, 0.25) is 5.78 Å². The van der Waals surface area contributed by atoms with Crippen LogP contribution < -0.4 is 0 Å². The molecule has 0 N–H and O–H groups in total. The minimum atomic E-state index is -5.04. The van der Waals surface area contributed by atoms with E-state index in [1.54, 1.807) is 13.8 Å². The van der Waals surface area contributed by atoms with Crippen LogP contribution in [0.15, 0.2) is 0 Å². The van der Waals surface area contributed by atoms with E-state index in [1.807, 2.05) is 0 Å². The van der Waals surface area contributed by atoms with Gasteiger partial charge in [0.05, 0.1) is 0 Å². The Hall–Kier alpha value is -0.870. The summed E-state index contributed by atoms with van der Waals surface area (Å²) in [5, 5.41) is 0. The molecule has 1 unspecified atom stereocenters. The van der Waals surface area contributed by atoms with Gasteiger partial charge < -0.3 is 0 Å². The Labute approximate surface area is 74.1 Å². The van der Waals surface area contributed by atoms with Crippen molar-refractivity contribution in [1.82, 2.24) is 0 Å². The van der Waals surface area contributed by atoms with Gasteiger partial charge in [-0.15, -0.1) is 0 Å². The largest absolute Gasteiger partial charge is 0.458 e. The van der Waals surface area contributed by atoms with E-state index in [2.05, 4.69) is 0 Å². The molecular formula is C8H11F3O2. The minimum Gasteiger partial charge on any atom is -0.290 e. The molecule has 0 saturated carbocycles. The molecule has 0 fully saturated rings. The first-order valence-corrected chi connectivity index (χ1v) is 3.83. The van der Waals surface area contributed by atoms with E-state index >= 15 is 0 Å². The van der Waals surface area contributed by atoms with E-state index in [1.165, 1.54) is 6.92 Å². The predicted molar refractivity (Wildman–Crippen MR) is 40.1 cm³/mol. The van der Waals surface area contributed by atoms with E-state index in [0.717, 1.165) is 0 Å². The molecule has 5 heteroatoms. The smallest absolute Gasteiger partial charge is 0.290 e. The molecule has 1 atom stereocenters. The lowest BCUT2D eigenvalue weighted by molar-refractivity contribution is -0.175. The number of rotatable bonds is 3. The normalized spacial score (nSPS) is 14.4. The fourth-order valence-electron chi connectivity index (χ4n) is 0.649. The van der Waals surface area contributed by atoms with Gasteiger partial charge in [-0.05, 0) is 5.92 Å². The van der Waals surface area contributed by atoms with E-state index in [9.17, 15) is 22.8 Å². The Morgan fingerprint density at radius 3 is 1.69 bits per heavy atom. The Bertz CT molecular complexity index is 218. The standard InChI is InChI=1S/C8H11F3O2/c1-4(2)5(3)6(12)7(13)8(9,10)11/h4-5H,1-3H3. The lowest BCUT2D eigenvalue weighted by Gasteiger charge is -2.13. The molecule has 0 radical (unpaired) electrons. The quantitative estimate of drug-likeness (QED) is 0.647. The van der Waals surface area contributed by atoms with Gasteiger partial charge in [-0.2, -0.15) is 13.2 Å². The summed E-state index contributed by atoms with van der Waals surface area (Å²) in [6.45, 7) is 4.50. The first kappa shape index (κ1) is 12.1. The van der Waals surface area contributed by atoms with Crippen LogP contribution in [0.5, 0.6) is 0 Å². The van der Waals surface area contributed by atoms with Crippen molar-refractivity contribution >= 4 is 11.6 Å². The predicted octanol–water partition coefficient (Wildman–Crippen LogP) is 1.98. The molecule has 0 aromatic carbocycles. The summed E-state index contributed by atoms with van der Waals surface area (Å²) < 4.78 is 35.3. The molecule has 2 nitrogen and oxygen atoms in total. The third kappa shape index (κ3) is 3.16. The van der Waals surface area contributed by atoms with Crippen molar-refractivity contribution in [3.63, 3.8) is 0 Å². The van der Waals surface area contributed by atoms with E-state index in [0.29, 0.717) is 0 Å². The Balaban J connectivity index is 4.54. The molecule has 0 rings (SSSR count). The highest BCUT2D eigenvalue weighted by Gasteiger charge is 2.44. The fourth-order valence-corrected chi connectivity index (χ4v) is 0.649. The third-order valence-electron chi connectivity index (χ3n) is 1.89. The lowest BCUT2D eigenvalue weighted by atomic mass is 9.91. The Morgan fingerprint density at radius 1 is 1.08 bits per heavy atom. The highest BCUT2D eigenvalue weighted by Crippen LogP contribution is 2.21. The number of hydrogen-bond acceptors (Lipinski definition) is 2. The van der Waals surface area contributed by atoms with Gasteiger partial charge in [-0.25, -0.2) is 0 Å². The topological polar surface area (TPSA) is 34.1 Å². The second kappa shape index (κ2) is 3.89. The molecule has 0 bridgehead atoms. The molecular weight excluding hydrogens is 185 g/mol. The summed E-state index contributed by atoms with van der Waals surface area (Å²) in [5.74, 6) is -4.76. The van der Waals surface area contributed by atoms with Crippen molar-refractivity contribution < 1.29 is 22.8 Å². The van der Waals surface area contributed by atoms with Crippen LogP contribution in [0.25, 0.3) is 0 Å². The van der Waals surface area contributed by atoms with Gasteiger partial charge in [0, 0.05) is 5.92 Å². The fraction of sp³-hybridized carbons (Fsp3) is 0.750. The molecule has 0 spiro atoms. The van der Waals surface area contributed by atoms with Crippen molar-refractivity contribution in [1.29, 1.82) is 0 Å². The average Bonchev–Trinajstić information content (AvgIpc) is 1.98. The number of carbonyl (C=O) groups is 2. The van der Waals surface area contributed by atoms with Crippen LogP contribution in [0, 0.1) is 11.8 Å². The summed E-state index contributed by atoms with van der Waals surface area (Å²) in [6.07, 6.45) is -5.04. The maximum atomic E-state index is 11.8. The van der Waals surface area contributed by atoms with Crippen molar-refractivity contribution in [2.75, 3.05) is 0 Å². The summed E-state index contributed by atoms with van der Waals surface area (Å²) in [4.78, 5) is 21.3. The summed E-state index contributed by atoms with van der Waals surface area (Å²) in [5.41, 5.74) is 0. The molecule has 0 heterocycles. The van der Waals surface area contributed by atoms with E-state index in [4.69, 9.17) is 0 Å². The number of alkyl halides is 3. The summed E-state index contributed by atoms with van der Waals surface area (Å²) in [6, 6.07) is 0. The summed E-state index contributed by atoms with van der Waals surface area (Å²) >= 11 is 0. The second-order valence-electron chi connectivity index (χ2n) is 3.22. The van der Waals surface area contributed by atoms with Crippen LogP contribution in [-0.4, -0.2) is 17.7 Å². The maximum Gasteiger partial charge on any atom is 0.458 e. The number of ketones is 2. The Kier molecular flexibility index (Phi) is 3.63. The number of halogens is 3. The molecule has 0 amide bonds. The highest BCUT2D eigenvalue weighted by atomic mass is 19.4. The highest BCUT2D eigenvalue weighted by molar-refractivity contribution is 6.40. The van der Waals surface area contributed by atoms with Crippen LogP contribution in [0.2, 0.25) is 0 Å². The molecule has 0 aromatic rings. The zero-order chi connectivity index (χ0) is 10.8. The first-order chi connectivity index (χ1) is 5.68. The minimum absolute atomic E-state index is 0.265. The Morgan fingerprint density at radius 2 is 1.46 bits per heavy atom. The number of hydrogen-bond donors (Lipinski definition) is 0. The second-order valence-corrected chi connectivity index (χ2v) is 3.22. The first-order valence-electron chi connectivity index (χ1n) is 3.83. The van der Waals surface area contributed by atoms with Crippen molar-refractivity contribution in [2.24, 2.45) is 11.8 Å². The molecule has 0 aliphatic rings. The van der Waals surface area contributed by atoms with Crippen LogP contribution >= 0.6 is 0 Å². The van der Waals surface area contributed by atoms with Gasteiger partial charge >= 0.3 is 12.0 Å². The molecule has 0 saturated heterocycles. The van der Waals surface area contributed by atoms with E-state index < -0.39 is 23.7 Å². The zero-order valence-electron chi connectivity index (χ0n) is 7.61. The monoisotopic (exact) mass is 196 g/mol. The molecule has 0 aliphatic heterocycles. The van der Waals surface area contributed by atoms with Crippen molar-refractivity contribution in [2.45, 2.75) is 26.9 Å². The third-order valence-corrected chi connectivity index (χ3v) is 1.89. The lowest BCUT2D eigenvalue weighted by Crippen LogP contribution is -2.36. The molecule has 0 aromatic heterocycles. The van der Waals surface area contributed by atoms with Crippen molar-refractivity contribution in [3.05, 3.63) is 0 Å².